The van der Waals surface area contributed by atoms with Gasteiger partial charge in [0, 0.05) is 43.9 Å². The lowest BCUT2D eigenvalue weighted by molar-refractivity contribution is 0.0741. The number of nitrogens with one attached hydrogen (secondary N) is 1. The molecule has 10 heteroatoms. The second-order valence-corrected chi connectivity index (χ2v) is 7.86. The van der Waals surface area contributed by atoms with Crippen molar-refractivity contribution in [1.82, 2.24) is 9.88 Å². The molecule has 1 fully saturated rings. The Balaban J connectivity index is 1.36. The van der Waals surface area contributed by atoms with Crippen molar-refractivity contribution in [2.24, 2.45) is 0 Å². The van der Waals surface area contributed by atoms with Crippen LogP contribution in [-0.2, 0) is 0 Å². The van der Waals surface area contributed by atoms with E-state index in [1.807, 2.05) is 4.90 Å². The van der Waals surface area contributed by atoms with E-state index in [4.69, 9.17) is 9.47 Å². The number of pyridine rings is 1. The van der Waals surface area contributed by atoms with Crippen molar-refractivity contribution >= 4 is 23.3 Å². The lowest BCUT2D eigenvalue weighted by Gasteiger charge is -2.35. The summed E-state index contributed by atoms with van der Waals surface area (Å²) >= 11 is 0. The predicted molar refractivity (Wildman–Crippen MR) is 126 cm³/mol. The van der Waals surface area contributed by atoms with Crippen molar-refractivity contribution < 1.29 is 27.8 Å². The number of carbonyl (C=O) groups excluding carboxylic acids is 2. The smallest absolute Gasteiger partial charge is 0.256 e. The average Bonchev–Trinajstić information content (AvgIpc) is 2.88. The molecule has 1 saturated heterocycles. The molecule has 2 amide bonds. The molecule has 182 valence electrons. The zero-order valence-electron chi connectivity index (χ0n) is 19.3. The molecule has 1 N–H and O–H groups in total. The minimum atomic E-state index is -0.871. The largest absolute Gasteiger partial charge is 0.497 e. The van der Waals surface area contributed by atoms with E-state index in [0.717, 1.165) is 12.1 Å². The zero-order chi connectivity index (χ0) is 24.9. The molecule has 8 nitrogen and oxygen atoms in total. The molecule has 2 heterocycles. The fraction of sp³-hybridized carbons (Fsp3) is 0.240. The number of hydrogen-bond donors (Lipinski definition) is 1. The van der Waals surface area contributed by atoms with Crippen LogP contribution in [0.3, 0.4) is 0 Å². The first-order valence-electron chi connectivity index (χ1n) is 10.9. The number of amides is 2. The molecule has 0 saturated carbocycles. The third-order valence-electron chi connectivity index (χ3n) is 5.67. The SMILES string of the molecule is COc1cc(OC)cc(C(=O)Nc2ccc(N3CCN(C(=O)c4ccc(F)cc4F)CC3)nc2)c1. The summed E-state index contributed by atoms with van der Waals surface area (Å²) in [4.78, 5) is 33.2. The van der Waals surface area contributed by atoms with Crippen molar-refractivity contribution in [3.63, 3.8) is 0 Å². The van der Waals surface area contributed by atoms with Crippen LogP contribution in [0.25, 0.3) is 0 Å². The van der Waals surface area contributed by atoms with Gasteiger partial charge in [-0.1, -0.05) is 0 Å². The maximum absolute atomic E-state index is 14.0. The van der Waals surface area contributed by atoms with E-state index >= 15 is 0 Å². The molecule has 1 aliphatic rings. The second kappa shape index (κ2) is 10.4. The highest BCUT2D eigenvalue weighted by Gasteiger charge is 2.25. The van der Waals surface area contributed by atoms with Crippen LogP contribution in [0.2, 0.25) is 0 Å². The van der Waals surface area contributed by atoms with Crippen molar-refractivity contribution in [3.05, 3.63) is 77.5 Å². The monoisotopic (exact) mass is 482 g/mol. The van der Waals surface area contributed by atoms with Gasteiger partial charge >= 0.3 is 0 Å². The Hall–Kier alpha value is -4.21. The van der Waals surface area contributed by atoms with Gasteiger partial charge < -0.3 is 24.6 Å². The molecule has 3 aromatic rings. The summed E-state index contributed by atoms with van der Waals surface area (Å²) in [6.07, 6.45) is 1.55. The summed E-state index contributed by atoms with van der Waals surface area (Å²) in [5, 5.41) is 2.79. The summed E-state index contributed by atoms with van der Waals surface area (Å²) in [6, 6.07) is 11.4. The Morgan fingerprint density at radius 3 is 2.17 bits per heavy atom. The highest BCUT2D eigenvalue weighted by Crippen LogP contribution is 2.24. The number of ether oxygens (including phenoxy) is 2. The highest BCUT2D eigenvalue weighted by atomic mass is 19.1. The number of benzene rings is 2. The van der Waals surface area contributed by atoms with E-state index < -0.39 is 17.5 Å². The van der Waals surface area contributed by atoms with Crippen LogP contribution in [0.1, 0.15) is 20.7 Å². The molecule has 0 atom stereocenters. The van der Waals surface area contributed by atoms with Crippen molar-refractivity contribution in [2.75, 3.05) is 50.6 Å². The number of anilines is 2. The van der Waals surface area contributed by atoms with Gasteiger partial charge in [-0.2, -0.15) is 0 Å². The van der Waals surface area contributed by atoms with E-state index in [-0.39, 0.29) is 11.5 Å². The third kappa shape index (κ3) is 5.48. The van der Waals surface area contributed by atoms with Gasteiger partial charge in [0.25, 0.3) is 11.8 Å². The molecule has 4 rings (SSSR count). The third-order valence-corrected chi connectivity index (χ3v) is 5.67. The van der Waals surface area contributed by atoms with Crippen LogP contribution < -0.4 is 19.7 Å². The number of aromatic nitrogens is 1. The van der Waals surface area contributed by atoms with Crippen LogP contribution in [0.15, 0.2) is 54.7 Å². The first kappa shape index (κ1) is 23.9. The van der Waals surface area contributed by atoms with Gasteiger partial charge in [-0.05, 0) is 36.4 Å². The van der Waals surface area contributed by atoms with Crippen molar-refractivity contribution in [2.45, 2.75) is 0 Å². The molecular weight excluding hydrogens is 458 g/mol. The number of rotatable bonds is 6. The topological polar surface area (TPSA) is 84.0 Å². The predicted octanol–water partition coefficient (Wildman–Crippen LogP) is 3.59. The van der Waals surface area contributed by atoms with Crippen molar-refractivity contribution in [3.8, 4) is 11.5 Å². The molecule has 0 radical (unpaired) electrons. The number of nitrogens with zero attached hydrogens (tertiary/aromatic N) is 3. The number of hydrogen-bond acceptors (Lipinski definition) is 6. The summed E-state index contributed by atoms with van der Waals surface area (Å²) < 4.78 is 37.5. The van der Waals surface area contributed by atoms with Gasteiger partial charge in [0.2, 0.25) is 0 Å². The van der Waals surface area contributed by atoms with Crippen LogP contribution in [0, 0.1) is 11.6 Å². The Morgan fingerprint density at radius 1 is 0.914 bits per heavy atom. The Kier molecular flexibility index (Phi) is 7.09. The zero-order valence-corrected chi connectivity index (χ0v) is 19.3. The van der Waals surface area contributed by atoms with Gasteiger partial charge in [-0.3, -0.25) is 9.59 Å². The van der Waals surface area contributed by atoms with E-state index in [1.54, 1.807) is 36.5 Å². The van der Waals surface area contributed by atoms with Crippen LogP contribution in [0.4, 0.5) is 20.3 Å². The molecule has 35 heavy (non-hydrogen) atoms. The normalized spacial score (nSPS) is 13.4. The Labute approximate surface area is 201 Å². The minimum Gasteiger partial charge on any atom is -0.497 e. The fourth-order valence-corrected chi connectivity index (χ4v) is 3.76. The van der Waals surface area contributed by atoms with Crippen LogP contribution >= 0.6 is 0 Å². The van der Waals surface area contributed by atoms with E-state index in [9.17, 15) is 18.4 Å². The van der Waals surface area contributed by atoms with E-state index in [0.29, 0.717) is 60.8 Å². The summed E-state index contributed by atoms with van der Waals surface area (Å²) in [7, 11) is 3.02. The highest BCUT2D eigenvalue weighted by molar-refractivity contribution is 6.04. The van der Waals surface area contributed by atoms with E-state index in [1.165, 1.54) is 19.1 Å². The van der Waals surface area contributed by atoms with Crippen molar-refractivity contribution in [1.29, 1.82) is 0 Å². The number of piperazine rings is 1. The lowest BCUT2D eigenvalue weighted by atomic mass is 10.1. The summed E-state index contributed by atoms with van der Waals surface area (Å²) in [5.41, 5.74) is 0.747. The summed E-state index contributed by atoms with van der Waals surface area (Å²) in [6.45, 7) is 1.73. The lowest BCUT2D eigenvalue weighted by Crippen LogP contribution is -2.49. The van der Waals surface area contributed by atoms with Gasteiger partial charge in [-0.15, -0.1) is 0 Å². The quantitative estimate of drug-likeness (QED) is 0.578. The molecule has 0 bridgehead atoms. The maximum Gasteiger partial charge on any atom is 0.256 e. The fourth-order valence-electron chi connectivity index (χ4n) is 3.76. The molecule has 1 aliphatic heterocycles. The molecule has 0 aliphatic carbocycles. The van der Waals surface area contributed by atoms with E-state index in [2.05, 4.69) is 10.3 Å². The van der Waals surface area contributed by atoms with Crippen LogP contribution in [-0.4, -0.2) is 62.1 Å². The van der Waals surface area contributed by atoms with Crippen LogP contribution in [0.5, 0.6) is 11.5 Å². The first-order valence-corrected chi connectivity index (χ1v) is 10.9. The second-order valence-electron chi connectivity index (χ2n) is 7.86. The molecule has 1 aromatic heterocycles. The van der Waals surface area contributed by atoms with Gasteiger partial charge in [0.15, 0.2) is 0 Å². The average molecular weight is 482 g/mol. The molecule has 2 aromatic carbocycles. The van der Waals surface area contributed by atoms with Gasteiger partial charge in [-0.25, -0.2) is 13.8 Å². The maximum atomic E-state index is 14.0. The Bertz CT molecular complexity index is 1210. The molecular formula is C25H24F2N4O4. The number of carbonyl (C=O) groups is 2. The first-order chi connectivity index (χ1) is 16.9. The molecule has 0 spiro atoms. The molecule has 0 unspecified atom stereocenters. The van der Waals surface area contributed by atoms with Gasteiger partial charge in [0.1, 0.15) is 29.0 Å². The Morgan fingerprint density at radius 2 is 1.60 bits per heavy atom. The number of methoxy groups -OCH3 is 2. The number of halogens is 2. The van der Waals surface area contributed by atoms with Gasteiger partial charge in [0.05, 0.1) is 31.7 Å². The minimum absolute atomic E-state index is 0.147. The summed E-state index contributed by atoms with van der Waals surface area (Å²) in [5.74, 6) is -0.710. The standard InChI is InChI=1S/C25H24F2N4O4/c1-34-19-11-16(12-20(14-19)35-2)24(32)29-18-4-6-23(28-15-18)30-7-9-31(10-8-30)25(33)21-5-3-17(26)13-22(21)27/h3-6,11-15H,7-10H2,1-2H3,(H,29,32).